The Morgan fingerprint density at radius 2 is 1.81 bits per heavy atom. The van der Waals surface area contributed by atoms with E-state index in [1.807, 2.05) is 0 Å². The lowest BCUT2D eigenvalue weighted by Gasteiger charge is -2.27. The Morgan fingerprint density at radius 3 is 2.27 bits per heavy atom. The highest BCUT2D eigenvalue weighted by Crippen LogP contribution is 2.36. The van der Waals surface area contributed by atoms with Gasteiger partial charge in [0.05, 0.1) is 16.5 Å². The Hall–Kier alpha value is -2.64. The SMILES string of the molecule is C[C@H](NC(=O)OC(C)(C)C)C(OC(=O)c1ccc([N+](=O)[O-])cc1)C1CC1. The van der Waals surface area contributed by atoms with Crippen molar-refractivity contribution in [3.63, 3.8) is 0 Å². The number of non-ortho nitro benzene ring substituents is 1. The molecule has 0 aliphatic heterocycles. The predicted octanol–water partition coefficient (Wildman–Crippen LogP) is 3.44. The number of nitrogens with zero attached hydrogens (tertiary/aromatic N) is 1. The molecule has 0 heterocycles. The zero-order valence-electron chi connectivity index (χ0n) is 15.4. The van der Waals surface area contributed by atoms with Gasteiger partial charge in [0.15, 0.2) is 0 Å². The quantitative estimate of drug-likeness (QED) is 0.470. The van der Waals surface area contributed by atoms with Crippen molar-refractivity contribution in [1.29, 1.82) is 0 Å². The van der Waals surface area contributed by atoms with Gasteiger partial charge in [-0.1, -0.05) is 0 Å². The molecule has 0 aromatic heterocycles. The van der Waals surface area contributed by atoms with Crippen LogP contribution in [0.3, 0.4) is 0 Å². The summed E-state index contributed by atoms with van der Waals surface area (Å²) in [5, 5.41) is 13.4. The van der Waals surface area contributed by atoms with E-state index in [1.165, 1.54) is 24.3 Å². The Labute approximate surface area is 152 Å². The largest absolute Gasteiger partial charge is 0.456 e. The molecule has 8 nitrogen and oxygen atoms in total. The summed E-state index contributed by atoms with van der Waals surface area (Å²) < 4.78 is 10.8. The summed E-state index contributed by atoms with van der Waals surface area (Å²) in [6, 6.07) is 4.81. The molecule has 1 amide bonds. The lowest BCUT2D eigenvalue weighted by molar-refractivity contribution is -0.384. The molecule has 1 fully saturated rings. The Balaban J connectivity index is 2.00. The Kier molecular flexibility index (Phi) is 5.84. The highest BCUT2D eigenvalue weighted by molar-refractivity contribution is 5.89. The van der Waals surface area contributed by atoms with Crippen molar-refractivity contribution in [2.75, 3.05) is 0 Å². The number of amides is 1. The summed E-state index contributed by atoms with van der Waals surface area (Å²) >= 11 is 0. The van der Waals surface area contributed by atoms with Gasteiger partial charge in [-0.15, -0.1) is 0 Å². The molecule has 1 aromatic rings. The van der Waals surface area contributed by atoms with E-state index in [2.05, 4.69) is 5.32 Å². The van der Waals surface area contributed by atoms with E-state index in [4.69, 9.17) is 9.47 Å². The van der Waals surface area contributed by atoms with E-state index in [0.29, 0.717) is 0 Å². The second-order valence-electron chi connectivity index (χ2n) is 7.45. The fourth-order valence-corrected chi connectivity index (χ4v) is 2.52. The first kappa shape index (κ1) is 19.7. The lowest BCUT2D eigenvalue weighted by Crippen LogP contribution is -2.46. The molecule has 2 atom stereocenters. The molecule has 2 rings (SSSR count). The third-order valence-corrected chi connectivity index (χ3v) is 3.88. The third kappa shape index (κ3) is 5.72. The number of rotatable bonds is 6. The van der Waals surface area contributed by atoms with Crippen LogP contribution in [0.1, 0.15) is 50.9 Å². The number of nitro groups is 1. The average molecular weight is 364 g/mol. The monoisotopic (exact) mass is 364 g/mol. The molecule has 26 heavy (non-hydrogen) atoms. The molecule has 0 spiro atoms. The van der Waals surface area contributed by atoms with Gasteiger partial charge in [0.2, 0.25) is 0 Å². The first-order valence-corrected chi connectivity index (χ1v) is 8.52. The second kappa shape index (κ2) is 7.72. The summed E-state index contributed by atoms with van der Waals surface area (Å²) in [6.07, 6.45) is 0.782. The number of carbonyl (C=O) groups is 2. The maximum atomic E-state index is 12.4. The van der Waals surface area contributed by atoms with Crippen LogP contribution in [0.2, 0.25) is 0 Å². The van der Waals surface area contributed by atoms with Crippen LogP contribution in [0.5, 0.6) is 0 Å². The van der Waals surface area contributed by atoms with E-state index in [1.54, 1.807) is 27.7 Å². The Bertz CT molecular complexity index is 676. The van der Waals surface area contributed by atoms with E-state index in [9.17, 15) is 19.7 Å². The van der Waals surface area contributed by atoms with Crippen LogP contribution in [0.15, 0.2) is 24.3 Å². The smallest absolute Gasteiger partial charge is 0.407 e. The normalized spacial score (nSPS) is 16.3. The molecule has 1 aliphatic carbocycles. The van der Waals surface area contributed by atoms with Crippen LogP contribution in [0.25, 0.3) is 0 Å². The topological polar surface area (TPSA) is 108 Å². The van der Waals surface area contributed by atoms with Crippen molar-refractivity contribution in [3.05, 3.63) is 39.9 Å². The van der Waals surface area contributed by atoms with Gasteiger partial charge in [0, 0.05) is 12.1 Å². The zero-order valence-corrected chi connectivity index (χ0v) is 15.4. The molecule has 0 radical (unpaired) electrons. The van der Waals surface area contributed by atoms with Crippen molar-refractivity contribution in [2.24, 2.45) is 5.92 Å². The van der Waals surface area contributed by atoms with Crippen molar-refractivity contribution in [1.82, 2.24) is 5.32 Å². The van der Waals surface area contributed by atoms with Crippen molar-refractivity contribution >= 4 is 17.7 Å². The summed E-state index contributed by atoms with van der Waals surface area (Å²) in [6.45, 7) is 7.06. The highest BCUT2D eigenvalue weighted by atomic mass is 16.6. The maximum absolute atomic E-state index is 12.4. The highest BCUT2D eigenvalue weighted by Gasteiger charge is 2.39. The first-order chi connectivity index (χ1) is 12.1. The minimum Gasteiger partial charge on any atom is -0.456 e. The summed E-state index contributed by atoms with van der Waals surface area (Å²) in [5.41, 5.74) is -0.486. The van der Waals surface area contributed by atoms with Gasteiger partial charge in [-0.3, -0.25) is 10.1 Å². The number of benzene rings is 1. The number of esters is 1. The van der Waals surface area contributed by atoms with Gasteiger partial charge in [-0.25, -0.2) is 9.59 Å². The van der Waals surface area contributed by atoms with Gasteiger partial charge >= 0.3 is 12.1 Å². The lowest BCUT2D eigenvalue weighted by atomic mass is 10.1. The standard InChI is InChI=1S/C18H24N2O6/c1-11(19-17(22)26-18(2,3)4)15(12-5-6-12)25-16(21)13-7-9-14(10-8-13)20(23)24/h7-12,15H,5-6H2,1-4H3,(H,19,22)/t11-,15?/m0/s1. The first-order valence-electron chi connectivity index (χ1n) is 8.52. The molecule has 1 unspecified atom stereocenters. The number of alkyl carbamates (subject to hydrolysis) is 1. The van der Waals surface area contributed by atoms with E-state index < -0.39 is 34.7 Å². The van der Waals surface area contributed by atoms with E-state index in [0.717, 1.165) is 12.8 Å². The van der Waals surface area contributed by atoms with Crippen LogP contribution in [-0.2, 0) is 9.47 Å². The molecule has 1 N–H and O–H groups in total. The van der Waals surface area contributed by atoms with Crippen LogP contribution in [0.4, 0.5) is 10.5 Å². The fourth-order valence-electron chi connectivity index (χ4n) is 2.52. The molecule has 0 saturated heterocycles. The van der Waals surface area contributed by atoms with Crippen LogP contribution in [-0.4, -0.2) is 34.7 Å². The molecule has 142 valence electrons. The number of nitro benzene ring substituents is 1. The third-order valence-electron chi connectivity index (χ3n) is 3.88. The molecule has 1 saturated carbocycles. The molecule has 1 aromatic carbocycles. The zero-order chi connectivity index (χ0) is 19.5. The number of ether oxygens (including phenoxy) is 2. The summed E-state index contributed by atoms with van der Waals surface area (Å²) in [4.78, 5) is 34.4. The molecule has 1 aliphatic rings. The van der Waals surface area contributed by atoms with Gasteiger partial charge < -0.3 is 14.8 Å². The molecule has 8 heteroatoms. The number of carbonyl (C=O) groups excluding carboxylic acids is 2. The van der Waals surface area contributed by atoms with Crippen molar-refractivity contribution in [3.8, 4) is 0 Å². The summed E-state index contributed by atoms with van der Waals surface area (Å²) in [5.74, 6) is -0.392. The van der Waals surface area contributed by atoms with Gasteiger partial charge in [0.25, 0.3) is 5.69 Å². The van der Waals surface area contributed by atoms with Crippen LogP contribution in [0, 0.1) is 16.0 Å². The van der Waals surface area contributed by atoms with Crippen LogP contribution >= 0.6 is 0 Å². The van der Waals surface area contributed by atoms with Gasteiger partial charge in [-0.05, 0) is 58.6 Å². The number of hydrogen-bond acceptors (Lipinski definition) is 6. The minimum atomic E-state index is -0.617. The predicted molar refractivity (Wildman–Crippen MR) is 93.9 cm³/mol. The van der Waals surface area contributed by atoms with Crippen molar-refractivity contribution in [2.45, 2.75) is 58.3 Å². The molecular formula is C18H24N2O6. The Morgan fingerprint density at radius 1 is 1.23 bits per heavy atom. The van der Waals surface area contributed by atoms with E-state index >= 15 is 0 Å². The van der Waals surface area contributed by atoms with Gasteiger partial charge in [-0.2, -0.15) is 0 Å². The molecular weight excluding hydrogens is 340 g/mol. The second-order valence-corrected chi connectivity index (χ2v) is 7.45. The fraction of sp³-hybridized carbons (Fsp3) is 0.556. The maximum Gasteiger partial charge on any atom is 0.407 e. The van der Waals surface area contributed by atoms with Crippen LogP contribution < -0.4 is 5.32 Å². The summed E-state index contributed by atoms with van der Waals surface area (Å²) in [7, 11) is 0. The number of nitrogens with one attached hydrogen (secondary N) is 1. The van der Waals surface area contributed by atoms with Crippen molar-refractivity contribution < 1.29 is 24.0 Å². The molecule has 0 bridgehead atoms. The number of hydrogen-bond donors (Lipinski definition) is 1. The average Bonchev–Trinajstić information content (AvgIpc) is 3.35. The van der Waals surface area contributed by atoms with Gasteiger partial charge in [0.1, 0.15) is 11.7 Å². The minimum absolute atomic E-state index is 0.0970. The van der Waals surface area contributed by atoms with E-state index in [-0.39, 0.29) is 17.2 Å².